The van der Waals surface area contributed by atoms with Crippen molar-refractivity contribution in [2.75, 3.05) is 5.73 Å². The lowest BCUT2D eigenvalue weighted by atomic mass is 10.2. The summed E-state index contributed by atoms with van der Waals surface area (Å²) >= 11 is 0. The van der Waals surface area contributed by atoms with Gasteiger partial charge in [-0.05, 0) is 37.8 Å². The molecule has 0 atom stereocenters. The van der Waals surface area contributed by atoms with Crippen LogP contribution in [0.15, 0.2) is 18.2 Å². The molecule has 0 radical (unpaired) electrons. The monoisotopic (exact) mass is 221 g/mol. The van der Waals surface area contributed by atoms with Crippen molar-refractivity contribution >= 4 is 11.7 Å². The molecule has 0 aliphatic heterocycles. The fourth-order valence-electron chi connectivity index (χ4n) is 1.94. The van der Waals surface area contributed by atoms with Gasteiger partial charge in [-0.1, -0.05) is 0 Å². The van der Waals surface area contributed by atoms with Crippen LogP contribution in [-0.2, 0) is 4.74 Å². The van der Waals surface area contributed by atoms with Crippen molar-refractivity contribution in [3.05, 3.63) is 23.8 Å². The molecule has 0 saturated heterocycles. The Balaban J connectivity index is 2.08. The molecule has 1 aliphatic rings. The highest BCUT2D eigenvalue weighted by Gasteiger charge is 2.21. The first-order valence-corrected chi connectivity index (χ1v) is 5.46. The SMILES string of the molecule is Nc1ccc(C(=O)OC2CCCC2)c(O)c1. The van der Waals surface area contributed by atoms with Crippen LogP contribution in [0.2, 0.25) is 0 Å². The van der Waals surface area contributed by atoms with E-state index in [1.54, 1.807) is 6.07 Å². The summed E-state index contributed by atoms with van der Waals surface area (Å²) < 4.78 is 5.28. The van der Waals surface area contributed by atoms with E-state index < -0.39 is 5.97 Å². The Kier molecular flexibility index (Phi) is 2.99. The zero-order chi connectivity index (χ0) is 11.5. The van der Waals surface area contributed by atoms with Gasteiger partial charge in [0.05, 0.1) is 0 Å². The lowest BCUT2D eigenvalue weighted by Gasteiger charge is -2.12. The molecule has 1 saturated carbocycles. The number of hydrogen-bond donors (Lipinski definition) is 2. The molecule has 0 heterocycles. The molecule has 4 nitrogen and oxygen atoms in total. The van der Waals surface area contributed by atoms with Crippen molar-refractivity contribution in [2.24, 2.45) is 0 Å². The Bertz CT molecular complexity index is 397. The minimum atomic E-state index is -0.468. The third kappa shape index (κ3) is 2.27. The first-order chi connectivity index (χ1) is 7.66. The number of carbonyl (C=O) groups excluding carboxylic acids is 1. The van der Waals surface area contributed by atoms with Crippen molar-refractivity contribution in [1.29, 1.82) is 0 Å². The van der Waals surface area contributed by atoms with E-state index in [1.165, 1.54) is 12.1 Å². The van der Waals surface area contributed by atoms with E-state index in [0.29, 0.717) is 5.69 Å². The van der Waals surface area contributed by atoms with Gasteiger partial charge < -0.3 is 15.6 Å². The number of rotatable bonds is 2. The number of carbonyl (C=O) groups is 1. The standard InChI is InChI=1S/C12H15NO3/c13-8-5-6-10(11(14)7-8)12(15)16-9-3-1-2-4-9/h5-7,9,14H,1-4,13H2. The highest BCUT2D eigenvalue weighted by Crippen LogP contribution is 2.25. The van der Waals surface area contributed by atoms with Gasteiger partial charge in [0.15, 0.2) is 0 Å². The molecule has 0 spiro atoms. The molecule has 3 N–H and O–H groups in total. The summed E-state index contributed by atoms with van der Waals surface area (Å²) in [5, 5.41) is 9.55. The van der Waals surface area contributed by atoms with Gasteiger partial charge in [0.25, 0.3) is 0 Å². The zero-order valence-electron chi connectivity index (χ0n) is 8.98. The molecule has 0 amide bonds. The van der Waals surface area contributed by atoms with E-state index in [-0.39, 0.29) is 17.4 Å². The summed E-state index contributed by atoms with van der Waals surface area (Å²) in [6, 6.07) is 4.41. The largest absolute Gasteiger partial charge is 0.507 e. The topological polar surface area (TPSA) is 72.6 Å². The summed E-state index contributed by atoms with van der Waals surface area (Å²) in [6.07, 6.45) is 4.05. The van der Waals surface area contributed by atoms with Gasteiger partial charge in [-0.2, -0.15) is 0 Å². The highest BCUT2D eigenvalue weighted by atomic mass is 16.5. The molecule has 0 aromatic heterocycles. The molecule has 0 bridgehead atoms. The molecule has 1 aliphatic carbocycles. The Morgan fingerprint density at radius 1 is 1.38 bits per heavy atom. The van der Waals surface area contributed by atoms with Crippen molar-refractivity contribution in [1.82, 2.24) is 0 Å². The fraction of sp³-hybridized carbons (Fsp3) is 0.417. The van der Waals surface area contributed by atoms with Crippen LogP contribution in [0.3, 0.4) is 0 Å². The second-order valence-corrected chi connectivity index (χ2v) is 4.09. The van der Waals surface area contributed by atoms with Gasteiger partial charge in [-0.25, -0.2) is 4.79 Å². The number of ether oxygens (including phenoxy) is 1. The van der Waals surface area contributed by atoms with E-state index in [9.17, 15) is 9.90 Å². The van der Waals surface area contributed by atoms with E-state index in [2.05, 4.69) is 0 Å². The van der Waals surface area contributed by atoms with Crippen molar-refractivity contribution < 1.29 is 14.6 Å². The van der Waals surface area contributed by atoms with E-state index >= 15 is 0 Å². The van der Waals surface area contributed by atoms with Gasteiger partial charge in [-0.15, -0.1) is 0 Å². The van der Waals surface area contributed by atoms with E-state index in [1.807, 2.05) is 0 Å². The number of phenolic OH excluding ortho intramolecular Hbond substituents is 1. The maximum atomic E-state index is 11.7. The normalized spacial score (nSPS) is 16.2. The Morgan fingerprint density at radius 2 is 2.06 bits per heavy atom. The lowest BCUT2D eigenvalue weighted by molar-refractivity contribution is 0.0315. The Labute approximate surface area is 94.0 Å². The second kappa shape index (κ2) is 4.43. The van der Waals surface area contributed by atoms with Crippen LogP contribution < -0.4 is 5.73 Å². The molecule has 1 aromatic carbocycles. The predicted molar refractivity (Wildman–Crippen MR) is 60.2 cm³/mol. The average Bonchev–Trinajstić information content (AvgIpc) is 2.70. The summed E-state index contributed by atoms with van der Waals surface area (Å²) in [7, 11) is 0. The van der Waals surface area contributed by atoms with Gasteiger partial charge in [-0.3, -0.25) is 0 Å². The van der Waals surface area contributed by atoms with Gasteiger partial charge in [0.1, 0.15) is 17.4 Å². The minimum absolute atomic E-state index is 0.00412. The molecule has 4 heteroatoms. The number of anilines is 1. The highest BCUT2D eigenvalue weighted by molar-refractivity contribution is 5.93. The summed E-state index contributed by atoms with van der Waals surface area (Å²) in [4.78, 5) is 11.7. The third-order valence-corrected chi connectivity index (χ3v) is 2.82. The fourth-order valence-corrected chi connectivity index (χ4v) is 1.94. The van der Waals surface area contributed by atoms with Crippen LogP contribution in [0.1, 0.15) is 36.0 Å². The van der Waals surface area contributed by atoms with Crippen molar-refractivity contribution in [3.63, 3.8) is 0 Å². The van der Waals surface area contributed by atoms with E-state index in [0.717, 1.165) is 25.7 Å². The quantitative estimate of drug-likeness (QED) is 0.592. The molecule has 16 heavy (non-hydrogen) atoms. The molecule has 0 unspecified atom stereocenters. The van der Waals surface area contributed by atoms with Gasteiger partial charge >= 0.3 is 5.97 Å². The molecule has 1 fully saturated rings. The molecular weight excluding hydrogens is 206 g/mol. The number of esters is 1. The molecule has 2 rings (SSSR count). The lowest BCUT2D eigenvalue weighted by Crippen LogP contribution is -2.14. The molecular formula is C12H15NO3. The van der Waals surface area contributed by atoms with Gasteiger partial charge in [0, 0.05) is 11.8 Å². The van der Waals surface area contributed by atoms with Gasteiger partial charge in [0.2, 0.25) is 0 Å². The van der Waals surface area contributed by atoms with Crippen molar-refractivity contribution in [2.45, 2.75) is 31.8 Å². The zero-order valence-corrected chi connectivity index (χ0v) is 8.98. The summed E-state index contributed by atoms with van der Waals surface area (Å²) in [5.74, 6) is -0.590. The van der Waals surface area contributed by atoms with Crippen molar-refractivity contribution in [3.8, 4) is 5.75 Å². The second-order valence-electron chi connectivity index (χ2n) is 4.09. The number of nitrogen functional groups attached to an aromatic ring is 1. The number of benzene rings is 1. The van der Waals surface area contributed by atoms with Crippen LogP contribution in [0.25, 0.3) is 0 Å². The van der Waals surface area contributed by atoms with Crippen LogP contribution in [0.5, 0.6) is 5.75 Å². The molecule has 86 valence electrons. The Hall–Kier alpha value is -1.71. The predicted octanol–water partition coefficient (Wildman–Crippen LogP) is 2.07. The number of hydrogen-bond acceptors (Lipinski definition) is 4. The van der Waals surface area contributed by atoms with Crippen LogP contribution in [-0.4, -0.2) is 17.2 Å². The molecule has 1 aromatic rings. The first-order valence-electron chi connectivity index (χ1n) is 5.46. The maximum Gasteiger partial charge on any atom is 0.342 e. The number of nitrogens with two attached hydrogens (primary N) is 1. The number of phenols is 1. The number of aromatic hydroxyl groups is 1. The summed E-state index contributed by atoms with van der Waals surface area (Å²) in [5.41, 5.74) is 6.09. The average molecular weight is 221 g/mol. The Morgan fingerprint density at radius 3 is 2.69 bits per heavy atom. The van der Waals surface area contributed by atoms with Crippen LogP contribution in [0.4, 0.5) is 5.69 Å². The van der Waals surface area contributed by atoms with Crippen LogP contribution >= 0.6 is 0 Å². The third-order valence-electron chi connectivity index (χ3n) is 2.82. The minimum Gasteiger partial charge on any atom is -0.507 e. The first kappa shape index (κ1) is 10.8. The van der Waals surface area contributed by atoms with E-state index in [4.69, 9.17) is 10.5 Å². The summed E-state index contributed by atoms with van der Waals surface area (Å²) in [6.45, 7) is 0. The van der Waals surface area contributed by atoms with Crippen LogP contribution in [0, 0.1) is 0 Å². The smallest absolute Gasteiger partial charge is 0.342 e. The maximum absolute atomic E-state index is 11.7.